The summed E-state index contributed by atoms with van der Waals surface area (Å²) in [4.78, 5) is 8.94. The van der Waals surface area contributed by atoms with Crippen LogP contribution in [0.4, 0.5) is 0 Å². The second-order valence-corrected chi connectivity index (χ2v) is 4.79. The molecule has 0 saturated carbocycles. The number of pyridine rings is 2. The Balaban J connectivity index is 1.99. The van der Waals surface area contributed by atoms with Gasteiger partial charge in [0, 0.05) is 35.9 Å². The van der Waals surface area contributed by atoms with Crippen LogP contribution < -0.4 is 5.32 Å². The van der Waals surface area contributed by atoms with Crippen LogP contribution in [0.2, 0.25) is 0 Å². The number of nitrogens with zero attached hydrogens (tertiary/aromatic N) is 2. The second-order valence-electron chi connectivity index (χ2n) is 4.79. The van der Waals surface area contributed by atoms with E-state index < -0.39 is 0 Å². The molecule has 20 heavy (non-hydrogen) atoms. The zero-order chi connectivity index (χ0) is 13.8. The van der Waals surface area contributed by atoms with Crippen molar-refractivity contribution in [1.82, 2.24) is 15.3 Å². The predicted molar refractivity (Wildman–Crippen MR) is 81.5 cm³/mol. The molecule has 0 saturated heterocycles. The van der Waals surface area contributed by atoms with Crippen molar-refractivity contribution in [2.75, 3.05) is 7.05 Å². The smallest absolute Gasteiger partial charge is 0.0749 e. The van der Waals surface area contributed by atoms with Crippen LogP contribution in [0, 0.1) is 0 Å². The van der Waals surface area contributed by atoms with Gasteiger partial charge < -0.3 is 5.32 Å². The first-order valence-electron chi connectivity index (χ1n) is 6.79. The summed E-state index contributed by atoms with van der Waals surface area (Å²) >= 11 is 0. The molecule has 3 rings (SSSR count). The third-order valence-electron chi connectivity index (χ3n) is 3.53. The lowest BCUT2D eigenvalue weighted by Gasteiger charge is -2.17. The Morgan fingerprint density at radius 2 is 1.80 bits per heavy atom. The van der Waals surface area contributed by atoms with Crippen LogP contribution in [-0.4, -0.2) is 17.0 Å². The summed E-state index contributed by atoms with van der Waals surface area (Å²) in [6, 6.07) is 16.6. The number of likely N-dealkylation sites (N-methyl/N-ethyl adjacent to an activating group) is 1. The summed E-state index contributed by atoms with van der Waals surface area (Å²) in [6.07, 6.45) is 4.54. The summed E-state index contributed by atoms with van der Waals surface area (Å²) in [5, 5.41) is 4.55. The van der Waals surface area contributed by atoms with Crippen molar-refractivity contribution >= 4 is 10.9 Å². The molecular weight excluding hydrogens is 246 g/mol. The monoisotopic (exact) mass is 263 g/mol. The highest BCUT2D eigenvalue weighted by molar-refractivity contribution is 5.82. The average Bonchev–Trinajstić information content (AvgIpc) is 2.53. The van der Waals surface area contributed by atoms with E-state index in [4.69, 9.17) is 0 Å². The maximum absolute atomic E-state index is 4.53. The van der Waals surface area contributed by atoms with Gasteiger partial charge in [-0.3, -0.25) is 9.97 Å². The molecule has 0 fully saturated rings. The highest BCUT2D eigenvalue weighted by Gasteiger charge is 2.14. The SMILES string of the molecule is CNC(Cc1ccccn1)c1cccc2cccnc12. The molecular formula is C17H17N3. The molecule has 1 N–H and O–H groups in total. The number of aromatic nitrogens is 2. The first-order valence-corrected chi connectivity index (χ1v) is 6.79. The van der Waals surface area contributed by atoms with E-state index in [1.54, 1.807) is 0 Å². The molecule has 0 bridgehead atoms. The fourth-order valence-electron chi connectivity index (χ4n) is 2.50. The van der Waals surface area contributed by atoms with Gasteiger partial charge in [0.15, 0.2) is 0 Å². The predicted octanol–water partition coefficient (Wildman–Crippen LogP) is 3.13. The Labute approximate surface area is 118 Å². The third-order valence-corrected chi connectivity index (χ3v) is 3.53. The largest absolute Gasteiger partial charge is 0.313 e. The Bertz CT molecular complexity index is 689. The molecule has 0 spiro atoms. The molecule has 0 amide bonds. The molecule has 0 aliphatic carbocycles. The van der Waals surface area contributed by atoms with Crippen LogP contribution in [0.3, 0.4) is 0 Å². The van der Waals surface area contributed by atoms with Crippen LogP contribution in [0.5, 0.6) is 0 Å². The van der Waals surface area contributed by atoms with Crippen molar-refractivity contribution in [1.29, 1.82) is 0 Å². The fraction of sp³-hybridized carbons (Fsp3) is 0.176. The molecule has 0 radical (unpaired) electrons. The molecule has 2 heterocycles. The number of nitrogens with one attached hydrogen (secondary N) is 1. The number of para-hydroxylation sites is 1. The average molecular weight is 263 g/mol. The molecule has 3 aromatic rings. The Morgan fingerprint density at radius 3 is 2.60 bits per heavy atom. The summed E-state index contributed by atoms with van der Waals surface area (Å²) < 4.78 is 0. The van der Waals surface area contributed by atoms with Crippen LogP contribution in [0.1, 0.15) is 17.3 Å². The standard InChI is InChI=1S/C17H17N3/c1-18-16(12-14-8-2-3-10-19-14)15-9-4-6-13-7-5-11-20-17(13)15/h2-11,16,18H,12H2,1H3. The maximum atomic E-state index is 4.53. The minimum atomic E-state index is 0.212. The topological polar surface area (TPSA) is 37.8 Å². The van der Waals surface area contributed by atoms with E-state index in [2.05, 4.69) is 45.6 Å². The first-order chi connectivity index (χ1) is 9.88. The number of hydrogen-bond acceptors (Lipinski definition) is 3. The van der Waals surface area contributed by atoms with E-state index in [1.165, 1.54) is 10.9 Å². The minimum absolute atomic E-state index is 0.212. The fourth-order valence-corrected chi connectivity index (χ4v) is 2.50. The first kappa shape index (κ1) is 12.8. The van der Waals surface area contributed by atoms with Gasteiger partial charge in [0.25, 0.3) is 0 Å². The van der Waals surface area contributed by atoms with Gasteiger partial charge in [-0.1, -0.05) is 30.3 Å². The molecule has 3 heteroatoms. The van der Waals surface area contributed by atoms with Crippen molar-refractivity contribution in [2.24, 2.45) is 0 Å². The normalized spacial score (nSPS) is 12.4. The van der Waals surface area contributed by atoms with Crippen LogP contribution in [0.25, 0.3) is 10.9 Å². The Morgan fingerprint density at radius 1 is 0.950 bits per heavy atom. The molecule has 1 aromatic carbocycles. The maximum Gasteiger partial charge on any atom is 0.0749 e. The van der Waals surface area contributed by atoms with Gasteiger partial charge >= 0.3 is 0 Å². The van der Waals surface area contributed by atoms with E-state index in [-0.39, 0.29) is 6.04 Å². The third kappa shape index (κ3) is 2.53. The van der Waals surface area contributed by atoms with Gasteiger partial charge in [-0.15, -0.1) is 0 Å². The number of fused-ring (bicyclic) bond motifs is 1. The van der Waals surface area contributed by atoms with Crippen molar-refractivity contribution in [3.63, 3.8) is 0 Å². The summed E-state index contributed by atoms with van der Waals surface area (Å²) in [5.41, 5.74) is 3.36. The van der Waals surface area contributed by atoms with Crippen LogP contribution in [-0.2, 0) is 6.42 Å². The van der Waals surface area contributed by atoms with Gasteiger partial charge in [0.2, 0.25) is 0 Å². The number of hydrogen-bond donors (Lipinski definition) is 1. The van der Waals surface area contributed by atoms with E-state index in [1.807, 2.05) is 37.6 Å². The van der Waals surface area contributed by atoms with Crippen LogP contribution in [0.15, 0.2) is 60.9 Å². The molecule has 0 aliphatic rings. The summed E-state index contributed by atoms with van der Waals surface area (Å²) in [5.74, 6) is 0. The van der Waals surface area contributed by atoms with E-state index in [0.29, 0.717) is 0 Å². The van der Waals surface area contributed by atoms with Crippen LogP contribution >= 0.6 is 0 Å². The van der Waals surface area contributed by atoms with Crippen molar-refractivity contribution in [3.05, 3.63) is 72.2 Å². The van der Waals surface area contributed by atoms with E-state index >= 15 is 0 Å². The zero-order valence-corrected chi connectivity index (χ0v) is 11.5. The summed E-state index contributed by atoms with van der Waals surface area (Å²) in [7, 11) is 1.98. The van der Waals surface area contributed by atoms with Gasteiger partial charge in [-0.25, -0.2) is 0 Å². The van der Waals surface area contributed by atoms with Gasteiger partial charge in [-0.05, 0) is 30.8 Å². The zero-order valence-electron chi connectivity index (χ0n) is 11.5. The molecule has 1 unspecified atom stereocenters. The second kappa shape index (κ2) is 5.80. The van der Waals surface area contributed by atoms with Crippen molar-refractivity contribution in [2.45, 2.75) is 12.5 Å². The minimum Gasteiger partial charge on any atom is -0.313 e. The van der Waals surface area contributed by atoms with Crippen molar-refractivity contribution in [3.8, 4) is 0 Å². The van der Waals surface area contributed by atoms with Gasteiger partial charge in [0.1, 0.15) is 0 Å². The Kier molecular flexibility index (Phi) is 3.70. The summed E-state index contributed by atoms with van der Waals surface area (Å²) in [6.45, 7) is 0. The van der Waals surface area contributed by atoms with E-state index in [9.17, 15) is 0 Å². The highest BCUT2D eigenvalue weighted by Crippen LogP contribution is 2.24. The molecule has 1 atom stereocenters. The highest BCUT2D eigenvalue weighted by atomic mass is 14.9. The van der Waals surface area contributed by atoms with Crippen molar-refractivity contribution < 1.29 is 0 Å². The lowest BCUT2D eigenvalue weighted by atomic mass is 9.99. The Hall–Kier alpha value is -2.26. The molecule has 3 nitrogen and oxygen atoms in total. The molecule has 100 valence electrons. The lowest BCUT2D eigenvalue weighted by molar-refractivity contribution is 0.587. The number of benzene rings is 1. The van der Waals surface area contributed by atoms with E-state index in [0.717, 1.165) is 17.6 Å². The quantitative estimate of drug-likeness (QED) is 0.786. The van der Waals surface area contributed by atoms with Gasteiger partial charge in [-0.2, -0.15) is 0 Å². The lowest BCUT2D eigenvalue weighted by Crippen LogP contribution is -2.19. The molecule has 0 aliphatic heterocycles. The molecule has 2 aromatic heterocycles. The number of rotatable bonds is 4. The van der Waals surface area contributed by atoms with Gasteiger partial charge in [0.05, 0.1) is 5.52 Å².